The van der Waals surface area contributed by atoms with Gasteiger partial charge in [0.15, 0.2) is 5.60 Å². The zero-order chi connectivity index (χ0) is 17.6. The van der Waals surface area contributed by atoms with Crippen LogP contribution in [0, 0.1) is 5.92 Å². The molecule has 0 aromatic carbocycles. The van der Waals surface area contributed by atoms with Crippen molar-refractivity contribution in [2.45, 2.75) is 44.6 Å². The maximum Gasteiger partial charge on any atom is 0.419 e. The van der Waals surface area contributed by atoms with Gasteiger partial charge < -0.3 is 19.6 Å². The highest BCUT2D eigenvalue weighted by atomic mass is 19.4. The van der Waals surface area contributed by atoms with Gasteiger partial charge >= 0.3 is 12.3 Å². The summed E-state index contributed by atoms with van der Waals surface area (Å²) in [5.74, 6) is -1.01. The van der Waals surface area contributed by atoms with Crippen LogP contribution in [0.15, 0.2) is 0 Å². The molecular weight excluding hydrogens is 317 g/mol. The summed E-state index contributed by atoms with van der Waals surface area (Å²) >= 11 is 0. The van der Waals surface area contributed by atoms with Crippen molar-refractivity contribution in [1.29, 1.82) is 0 Å². The Morgan fingerprint density at radius 3 is 2.17 bits per heavy atom. The summed E-state index contributed by atoms with van der Waals surface area (Å²) in [7, 11) is 0. The van der Waals surface area contributed by atoms with Crippen LogP contribution in [0.3, 0.4) is 0 Å². The first-order valence-corrected chi connectivity index (χ1v) is 7.38. The van der Waals surface area contributed by atoms with E-state index in [9.17, 15) is 27.9 Å². The molecule has 2 fully saturated rings. The predicted molar refractivity (Wildman–Crippen MR) is 73.5 cm³/mol. The number of alkyl halides is 3. The first-order chi connectivity index (χ1) is 10.3. The summed E-state index contributed by atoms with van der Waals surface area (Å²) < 4.78 is 43.4. The highest BCUT2D eigenvalue weighted by Crippen LogP contribution is 2.38. The van der Waals surface area contributed by atoms with Gasteiger partial charge in [-0.3, -0.25) is 4.79 Å². The minimum atomic E-state index is -4.76. The molecule has 0 aliphatic carbocycles. The number of halogens is 3. The second-order valence-corrected chi connectivity index (χ2v) is 7.12. The molecule has 6 nitrogen and oxygen atoms in total. The van der Waals surface area contributed by atoms with E-state index in [4.69, 9.17) is 4.74 Å². The average molecular weight is 338 g/mol. The lowest BCUT2D eigenvalue weighted by atomic mass is 9.99. The molecule has 0 aromatic rings. The van der Waals surface area contributed by atoms with E-state index in [1.54, 1.807) is 20.8 Å². The molecule has 2 saturated heterocycles. The van der Waals surface area contributed by atoms with Crippen LogP contribution in [0.1, 0.15) is 27.2 Å². The number of β-amino-alcohol motifs (C(OH)–C–C–N with tert-alkyl or cyclic N) is 1. The third-order valence-electron chi connectivity index (χ3n) is 3.97. The molecule has 2 amide bonds. The van der Waals surface area contributed by atoms with Crippen LogP contribution in [-0.4, -0.2) is 70.5 Å². The lowest BCUT2D eigenvalue weighted by molar-refractivity contribution is -0.253. The van der Waals surface area contributed by atoms with Crippen molar-refractivity contribution in [2.24, 2.45) is 5.92 Å². The van der Waals surface area contributed by atoms with Crippen LogP contribution in [0.5, 0.6) is 0 Å². The Morgan fingerprint density at radius 2 is 1.74 bits per heavy atom. The minimum absolute atomic E-state index is 0.120. The van der Waals surface area contributed by atoms with Gasteiger partial charge in [-0.25, -0.2) is 4.79 Å². The second kappa shape index (κ2) is 5.54. The van der Waals surface area contributed by atoms with Crippen molar-refractivity contribution in [2.75, 3.05) is 26.2 Å². The maximum atomic E-state index is 12.7. The highest BCUT2D eigenvalue weighted by Gasteiger charge is 2.58. The van der Waals surface area contributed by atoms with Crippen LogP contribution in [0.2, 0.25) is 0 Å². The van der Waals surface area contributed by atoms with Crippen LogP contribution in [0.25, 0.3) is 0 Å². The predicted octanol–water partition coefficient (Wildman–Crippen LogP) is 1.38. The molecule has 2 aliphatic rings. The van der Waals surface area contributed by atoms with Crippen molar-refractivity contribution in [3.63, 3.8) is 0 Å². The molecule has 1 atom stereocenters. The van der Waals surface area contributed by atoms with Gasteiger partial charge in [-0.1, -0.05) is 0 Å². The smallest absolute Gasteiger partial charge is 0.419 e. The number of rotatable bonds is 1. The average Bonchev–Trinajstić information content (AvgIpc) is 2.67. The van der Waals surface area contributed by atoms with E-state index in [0.29, 0.717) is 0 Å². The number of ether oxygens (including phenoxy) is 1. The van der Waals surface area contributed by atoms with E-state index in [2.05, 4.69) is 0 Å². The first-order valence-electron chi connectivity index (χ1n) is 7.38. The number of carbonyl (C=O) groups is 2. The van der Waals surface area contributed by atoms with E-state index < -0.39 is 48.3 Å². The van der Waals surface area contributed by atoms with Crippen molar-refractivity contribution in [3.8, 4) is 0 Å². The molecule has 0 radical (unpaired) electrons. The molecule has 0 spiro atoms. The van der Waals surface area contributed by atoms with Gasteiger partial charge in [0.1, 0.15) is 5.60 Å². The monoisotopic (exact) mass is 338 g/mol. The molecule has 0 aromatic heterocycles. The molecule has 2 heterocycles. The molecule has 9 heteroatoms. The SMILES string of the molecule is CC(C)(C)OC(=O)N1CC(C(=O)N2CCC(O)(C(F)(F)F)C2)C1. The van der Waals surface area contributed by atoms with Gasteiger partial charge in [0.2, 0.25) is 5.91 Å². The number of nitrogens with zero attached hydrogens (tertiary/aromatic N) is 2. The normalized spacial score (nSPS) is 26.2. The molecule has 2 aliphatic heterocycles. The fourth-order valence-corrected chi connectivity index (χ4v) is 2.58. The standard InChI is InChI=1S/C14H21F3N2O4/c1-12(2,3)23-11(21)19-6-9(7-19)10(20)18-5-4-13(22,8-18)14(15,16)17/h9,22H,4-8H2,1-3H3. The summed E-state index contributed by atoms with van der Waals surface area (Å²) in [6, 6.07) is 0. The van der Waals surface area contributed by atoms with Crippen molar-refractivity contribution >= 4 is 12.0 Å². The van der Waals surface area contributed by atoms with E-state index in [-0.39, 0.29) is 19.6 Å². The Morgan fingerprint density at radius 1 is 1.17 bits per heavy atom. The van der Waals surface area contributed by atoms with Gasteiger partial charge in [-0.05, 0) is 20.8 Å². The zero-order valence-electron chi connectivity index (χ0n) is 13.3. The first kappa shape index (κ1) is 17.8. The quantitative estimate of drug-likeness (QED) is 0.784. The zero-order valence-corrected chi connectivity index (χ0v) is 13.3. The maximum absolute atomic E-state index is 12.7. The Bertz CT molecular complexity index is 497. The number of likely N-dealkylation sites (tertiary alicyclic amines) is 2. The van der Waals surface area contributed by atoms with Crippen LogP contribution >= 0.6 is 0 Å². The third-order valence-corrected chi connectivity index (χ3v) is 3.97. The molecule has 23 heavy (non-hydrogen) atoms. The molecule has 0 saturated carbocycles. The molecule has 2 rings (SSSR count). The summed E-state index contributed by atoms with van der Waals surface area (Å²) in [6.07, 6.45) is -5.83. The fourth-order valence-electron chi connectivity index (χ4n) is 2.58. The topological polar surface area (TPSA) is 70.1 Å². The molecule has 1 N–H and O–H groups in total. The van der Waals surface area contributed by atoms with Crippen LogP contribution in [-0.2, 0) is 9.53 Å². The minimum Gasteiger partial charge on any atom is -0.444 e. The van der Waals surface area contributed by atoms with Gasteiger partial charge in [-0.2, -0.15) is 13.2 Å². The Kier molecular flexibility index (Phi) is 4.29. The number of amides is 2. The second-order valence-electron chi connectivity index (χ2n) is 7.12. The summed E-state index contributed by atoms with van der Waals surface area (Å²) in [5.41, 5.74) is -3.48. The summed E-state index contributed by atoms with van der Waals surface area (Å²) in [4.78, 5) is 26.3. The van der Waals surface area contributed by atoms with E-state index >= 15 is 0 Å². The molecule has 0 bridgehead atoms. The van der Waals surface area contributed by atoms with Crippen molar-refractivity contribution in [1.82, 2.24) is 9.80 Å². The van der Waals surface area contributed by atoms with E-state index in [1.807, 2.05) is 0 Å². The Balaban J connectivity index is 1.85. The summed E-state index contributed by atoms with van der Waals surface area (Å²) in [5, 5.41) is 9.58. The Hall–Kier alpha value is -1.51. The van der Waals surface area contributed by atoms with Crippen molar-refractivity contribution in [3.05, 3.63) is 0 Å². The van der Waals surface area contributed by atoms with Crippen LogP contribution < -0.4 is 0 Å². The molecule has 1 unspecified atom stereocenters. The largest absolute Gasteiger partial charge is 0.444 e. The van der Waals surface area contributed by atoms with Crippen LogP contribution in [0.4, 0.5) is 18.0 Å². The molecule has 132 valence electrons. The number of hydrogen-bond acceptors (Lipinski definition) is 4. The summed E-state index contributed by atoms with van der Waals surface area (Å²) in [6.45, 7) is 4.50. The molecular formula is C14H21F3N2O4. The van der Waals surface area contributed by atoms with Gasteiger partial charge in [0.05, 0.1) is 12.5 Å². The lowest BCUT2D eigenvalue weighted by Gasteiger charge is -2.40. The fraction of sp³-hybridized carbons (Fsp3) is 0.857. The third kappa shape index (κ3) is 3.70. The van der Waals surface area contributed by atoms with E-state index in [0.717, 1.165) is 4.90 Å². The number of carbonyl (C=O) groups excluding carboxylic acids is 2. The van der Waals surface area contributed by atoms with Gasteiger partial charge in [-0.15, -0.1) is 0 Å². The van der Waals surface area contributed by atoms with E-state index in [1.165, 1.54) is 4.90 Å². The Labute approximate surface area is 132 Å². The highest BCUT2D eigenvalue weighted by molar-refractivity contribution is 5.83. The van der Waals surface area contributed by atoms with Gasteiger partial charge in [0.25, 0.3) is 0 Å². The lowest BCUT2D eigenvalue weighted by Crippen LogP contribution is -2.57. The van der Waals surface area contributed by atoms with Gasteiger partial charge in [0, 0.05) is 26.1 Å². The van der Waals surface area contributed by atoms with Crippen molar-refractivity contribution < 1.29 is 32.6 Å². The number of hydrogen-bond donors (Lipinski definition) is 1. The number of aliphatic hydroxyl groups is 1.